The monoisotopic (exact) mass is 352 g/mol. The molecule has 0 spiro atoms. The highest BCUT2D eigenvalue weighted by molar-refractivity contribution is 9.10. The third-order valence-corrected chi connectivity index (χ3v) is 3.81. The lowest BCUT2D eigenvalue weighted by atomic mass is 10.1. The fourth-order valence-electron chi connectivity index (χ4n) is 2.09. The minimum Gasteiger partial charge on any atom is -0.290 e. The van der Waals surface area contributed by atoms with Gasteiger partial charge in [-0.3, -0.25) is 24.5 Å². The van der Waals surface area contributed by atoms with Gasteiger partial charge >= 0.3 is 0 Å². The van der Waals surface area contributed by atoms with Gasteiger partial charge in [-0.05, 0) is 36.7 Å². The number of halogens is 1. The molecule has 0 aliphatic heterocycles. The first-order chi connectivity index (χ1) is 9.82. The van der Waals surface area contributed by atoms with E-state index in [4.69, 9.17) is 0 Å². The Kier molecular flexibility index (Phi) is 4.17. The zero-order chi connectivity index (χ0) is 15.7. The summed E-state index contributed by atoms with van der Waals surface area (Å²) >= 11 is 3.14. The molecule has 2 aromatic heterocycles. The van der Waals surface area contributed by atoms with Crippen LogP contribution in [0.25, 0.3) is 0 Å². The molecule has 110 valence electrons. The topological polar surface area (TPSA) is 90.9 Å². The number of aryl methyl sites for hydroxylation is 2. The number of hydrogen-bond acceptors (Lipinski definition) is 5. The van der Waals surface area contributed by atoms with Gasteiger partial charge in [0.15, 0.2) is 0 Å². The van der Waals surface area contributed by atoms with E-state index < -0.39 is 4.92 Å². The van der Waals surface area contributed by atoms with Crippen molar-refractivity contribution in [2.75, 3.05) is 0 Å². The van der Waals surface area contributed by atoms with Crippen LogP contribution in [0.15, 0.2) is 21.7 Å². The van der Waals surface area contributed by atoms with E-state index in [1.165, 1.54) is 17.0 Å². The van der Waals surface area contributed by atoms with Gasteiger partial charge in [-0.15, -0.1) is 0 Å². The highest BCUT2D eigenvalue weighted by atomic mass is 79.9. The van der Waals surface area contributed by atoms with Gasteiger partial charge in [0.05, 0.1) is 22.7 Å². The van der Waals surface area contributed by atoms with Crippen LogP contribution in [-0.2, 0) is 6.54 Å². The Balaban J connectivity index is 2.56. The van der Waals surface area contributed by atoms with Gasteiger partial charge in [-0.1, -0.05) is 0 Å². The van der Waals surface area contributed by atoms with E-state index in [2.05, 4.69) is 25.9 Å². The maximum Gasteiger partial charge on any atom is 0.278 e. The molecule has 8 heteroatoms. The molecule has 0 aliphatic carbocycles. The van der Waals surface area contributed by atoms with Crippen LogP contribution in [0.3, 0.4) is 0 Å². The van der Waals surface area contributed by atoms with Crippen LogP contribution >= 0.6 is 15.9 Å². The highest BCUT2D eigenvalue weighted by Crippen LogP contribution is 2.24. The van der Waals surface area contributed by atoms with Gasteiger partial charge < -0.3 is 0 Å². The third kappa shape index (κ3) is 2.85. The summed E-state index contributed by atoms with van der Waals surface area (Å²) < 4.78 is 1.77. The normalized spacial score (nSPS) is 10.7. The van der Waals surface area contributed by atoms with E-state index in [0.29, 0.717) is 27.1 Å². The first-order valence-electron chi connectivity index (χ1n) is 6.14. The van der Waals surface area contributed by atoms with Crippen LogP contribution in [0.5, 0.6) is 0 Å². The van der Waals surface area contributed by atoms with Crippen LogP contribution in [0.4, 0.5) is 5.69 Å². The van der Waals surface area contributed by atoms with Crippen molar-refractivity contribution in [3.05, 3.63) is 60.0 Å². The maximum atomic E-state index is 12.1. The molecule has 0 saturated carbocycles. The van der Waals surface area contributed by atoms with Crippen molar-refractivity contribution >= 4 is 21.6 Å². The summed E-state index contributed by atoms with van der Waals surface area (Å²) in [5.74, 6) is 0.521. The van der Waals surface area contributed by atoms with Crippen molar-refractivity contribution in [3.8, 4) is 0 Å². The van der Waals surface area contributed by atoms with Crippen LogP contribution in [0, 0.1) is 30.9 Å². The lowest BCUT2D eigenvalue weighted by molar-refractivity contribution is -0.386. The van der Waals surface area contributed by atoms with Crippen molar-refractivity contribution in [2.45, 2.75) is 27.3 Å². The highest BCUT2D eigenvalue weighted by Gasteiger charge is 2.19. The fourth-order valence-corrected chi connectivity index (χ4v) is 2.41. The van der Waals surface area contributed by atoms with E-state index in [1.807, 2.05) is 0 Å². The van der Waals surface area contributed by atoms with E-state index in [-0.39, 0.29) is 17.8 Å². The summed E-state index contributed by atoms with van der Waals surface area (Å²) in [6.07, 6.45) is 2.89. The average molecular weight is 353 g/mol. The standard InChI is InChI=1S/C13H13BrN4O3/c1-7-4-16-11(8(2)12(7)18(20)21)6-17-9(3)15-5-10(14)13(17)19/h4-5H,6H2,1-3H3. The second-order valence-corrected chi connectivity index (χ2v) is 5.52. The predicted molar refractivity (Wildman–Crippen MR) is 80.4 cm³/mol. The van der Waals surface area contributed by atoms with Crippen molar-refractivity contribution in [3.63, 3.8) is 0 Å². The van der Waals surface area contributed by atoms with Crippen LogP contribution in [-0.4, -0.2) is 19.5 Å². The summed E-state index contributed by atoms with van der Waals surface area (Å²) in [6.45, 7) is 5.12. The predicted octanol–water partition coefficient (Wildman–Crippen LogP) is 2.28. The molecule has 0 radical (unpaired) electrons. The minimum absolute atomic E-state index is 0.0358. The van der Waals surface area contributed by atoms with Gasteiger partial charge in [0.1, 0.15) is 10.3 Å². The Bertz CT molecular complexity index is 786. The smallest absolute Gasteiger partial charge is 0.278 e. The van der Waals surface area contributed by atoms with Gasteiger partial charge in [0.2, 0.25) is 0 Å². The van der Waals surface area contributed by atoms with Crippen molar-refractivity contribution in [2.24, 2.45) is 0 Å². The average Bonchev–Trinajstić information content (AvgIpc) is 2.41. The van der Waals surface area contributed by atoms with Crippen molar-refractivity contribution in [1.29, 1.82) is 0 Å². The summed E-state index contributed by atoms with van der Waals surface area (Å²) in [7, 11) is 0. The Morgan fingerprint density at radius 1 is 1.29 bits per heavy atom. The molecule has 2 rings (SSSR count). The van der Waals surface area contributed by atoms with E-state index >= 15 is 0 Å². The molecule has 0 bridgehead atoms. The summed E-state index contributed by atoms with van der Waals surface area (Å²) in [6, 6.07) is 0. The first kappa shape index (κ1) is 15.3. The van der Waals surface area contributed by atoms with Crippen molar-refractivity contribution in [1.82, 2.24) is 14.5 Å². The molecule has 0 N–H and O–H groups in total. The van der Waals surface area contributed by atoms with E-state index in [0.717, 1.165) is 0 Å². The van der Waals surface area contributed by atoms with Crippen LogP contribution < -0.4 is 5.56 Å². The number of nitro groups is 1. The zero-order valence-electron chi connectivity index (χ0n) is 11.8. The van der Waals surface area contributed by atoms with Crippen molar-refractivity contribution < 1.29 is 4.92 Å². The Morgan fingerprint density at radius 2 is 1.95 bits per heavy atom. The largest absolute Gasteiger partial charge is 0.290 e. The second-order valence-electron chi connectivity index (χ2n) is 4.66. The fraction of sp³-hybridized carbons (Fsp3) is 0.308. The molecule has 0 atom stereocenters. The number of rotatable bonds is 3. The molecule has 0 amide bonds. The van der Waals surface area contributed by atoms with E-state index in [9.17, 15) is 14.9 Å². The second kappa shape index (κ2) is 5.72. The van der Waals surface area contributed by atoms with E-state index in [1.54, 1.807) is 20.8 Å². The number of pyridine rings is 1. The number of nitrogens with zero attached hydrogens (tertiary/aromatic N) is 4. The quantitative estimate of drug-likeness (QED) is 0.624. The molecule has 21 heavy (non-hydrogen) atoms. The maximum absolute atomic E-state index is 12.1. The summed E-state index contributed by atoms with van der Waals surface area (Å²) in [5.41, 5.74) is 1.24. The molecule has 0 aliphatic rings. The summed E-state index contributed by atoms with van der Waals surface area (Å²) in [5, 5.41) is 11.1. The molecule has 0 unspecified atom stereocenters. The minimum atomic E-state index is -0.426. The Labute approximate surface area is 128 Å². The van der Waals surface area contributed by atoms with Gasteiger partial charge in [0, 0.05) is 18.0 Å². The molecule has 2 heterocycles. The molecule has 0 fully saturated rings. The van der Waals surface area contributed by atoms with Gasteiger partial charge in [-0.2, -0.15) is 0 Å². The molecule has 2 aromatic rings. The van der Waals surface area contributed by atoms with Crippen LogP contribution in [0.2, 0.25) is 0 Å². The first-order valence-corrected chi connectivity index (χ1v) is 6.93. The number of hydrogen-bond donors (Lipinski definition) is 0. The van der Waals surface area contributed by atoms with Crippen LogP contribution in [0.1, 0.15) is 22.6 Å². The van der Waals surface area contributed by atoms with Gasteiger partial charge in [-0.25, -0.2) is 4.98 Å². The Hall–Kier alpha value is -2.09. The van der Waals surface area contributed by atoms with Gasteiger partial charge in [0.25, 0.3) is 11.2 Å². The summed E-state index contributed by atoms with van der Waals surface area (Å²) in [4.78, 5) is 31.1. The lowest BCUT2D eigenvalue weighted by Gasteiger charge is -2.11. The SMILES string of the molecule is Cc1cnc(Cn2c(C)ncc(Br)c2=O)c(C)c1[N+](=O)[O-]. The lowest BCUT2D eigenvalue weighted by Crippen LogP contribution is -2.25. The zero-order valence-corrected chi connectivity index (χ0v) is 13.3. The number of aromatic nitrogens is 3. The molecule has 0 aromatic carbocycles. The third-order valence-electron chi connectivity index (χ3n) is 3.27. The molecular formula is C13H13BrN4O3. The Morgan fingerprint density at radius 3 is 2.57 bits per heavy atom. The molecule has 0 saturated heterocycles. The molecular weight excluding hydrogens is 340 g/mol. The molecule has 7 nitrogen and oxygen atoms in total.